The van der Waals surface area contributed by atoms with Gasteiger partial charge in [0.1, 0.15) is 5.57 Å². The lowest BCUT2D eigenvalue weighted by molar-refractivity contribution is -0.113. The van der Waals surface area contributed by atoms with Gasteiger partial charge in [-0.25, -0.2) is 4.99 Å². The number of benzene rings is 2. The van der Waals surface area contributed by atoms with Crippen molar-refractivity contribution in [2.24, 2.45) is 4.99 Å². The fraction of sp³-hybridized carbons (Fsp3) is 0.0556. The highest BCUT2D eigenvalue weighted by Crippen LogP contribution is 2.29. The maximum Gasteiger partial charge on any atom is 0.354 e. The summed E-state index contributed by atoms with van der Waals surface area (Å²) in [6.45, 7) is 1.45. The van der Waals surface area contributed by atoms with Gasteiger partial charge in [0.15, 0.2) is 11.5 Å². The number of allylic oxidation sites excluding steroid dienone is 1. The molecule has 1 aliphatic heterocycles. The average Bonchev–Trinajstić information content (AvgIpc) is 2.96. The molecule has 0 unspecified atom stereocenters. The summed E-state index contributed by atoms with van der Waals surface area (Å²) in [5.74, 6) is -0.179. The van der Waals surface area contributed by atoms with Crippen LogP contribution in [0, 0.1) is 0 Å². The fourth-order valence-electron chi connectivity index (χ4n) is 2.48. The minimum Gasteiger partial charge on any atom is -0.361 e. The predicted molar refractivity (Wildman–Crippen MR) is 85.6 cm³/mol. The second-order valence-corrected chi connectivity index (χ2v) is 4.92. The highest BCUT2D eigenvalue weighted by molar-refractivity contribution is 6.60. The molecule has 0 aromatic heterocycles. The Morgan fingerprint density at radius 3 is 2.00 bits per heavy atom. The predicted octanol–water partition coefficient (Wildman–Crippen LogP) is 3.16. The van der Waals surface area contributed by atoms with E-state index in [4.69, 9.17) is 0 Å². The smallest absolute Gasteiger partial charge is 0.354 e. The molecule has 0 N–H and O–H groups in total. The van der Waals surface area contributed by atoms with Crippen molar-refractivity contribution in [1.29, 1.82) is 0 Å². The quantitative estimate of drug-likeness (QED) is 0.631. The van der Waals surface area contributed by atoms with E-state index in [9.17, 15) is 10.3 Å². The molecule has 0 aliphatic carbocycles. The SMILES string of the molecule is CC(=O)C1=C(c2ccccc2)N=C(c2ccccc2)C1=[N+]=[N-]. The van der Waals surface area contributed by atoms with Gasteiger partial charge in [0.2, 0.25) is 0 Å². The zero-order chi connectivity index (χ0) is 15.5. The first kappa shape index (κ1) is 13.9. The van der Waals surface area contributed by atoms with Gasteiger partial charge >= 0.3 is 5.71 Å². The van der Waals surface area contributed by atoms with Crippen LogP contribution < -0.4 is 0 Å². The summed E-state index contributed by atoms with van der Waals surface area (Å²) in [5.41, 5.74) is 12.6. The molecule has 0 saturated heterocycles. The van der Waals surface area contributed by atoms with Crippen LogP contribution in [0.4, 0.5) is 0 Å². The van der Waals surface area contributed by atoms with E-state index in [1.807, 2.05) is 60.7 Å². The highest BCUT2D eigenvalue weighted by Gasteiger charge is 2.36. The van der Waals surface area contributed by atoms with Crippen LogP contribution in [0.1, 0.15) is 18.1 Å². The molecule has 22 heavy (non-hydrogen) atoms. The van der Waals surface area contributed by atoms with Crippen molar-refractivity contribution in [2.75, 3.05) is 0 Å². The van der Waals surface area contributed by atoms with Crippen LogP contribution in [-0.2, 0) is 4.79 Å². The van der Waals surface area contributed by atoms with Crippen molar-refractivity contribution in [3.05, 3.63) is 82.9 Å². The first-order chi connectivity index (χ1) is 10.7. The minimum absolute atomic E-state index is 0.179. The molecule has 3 rings (SSSR count). The topological polar surface area (TPSA) is 65.8 Å². The maximum atomic E-state index is 12.1. The second-order valence-electron chi connectivity index (χ2n) is 4.92. The lowest BCUT2D eigenvalue weighted by Crippen LogP contribution is -2.19. The molecular formula is C18H13N3O. The number of carbonyl (C=O) groups excluding carboxylic acids is 1. The monoisotopic (exact) mass is 287 g/mol. The van der Waals surface area contributed by atoms with Gasteiger partial charge in [-0.3, -0.25) is 4.79 Å². The van der Waals surface area contributed by atoms with E-state index < -0.39 is 0 Å². The first-order valence-electron chi connectivity index (χ1n) is 6.90. The van der Waals surface area contributed by atoms with Crippen LogP contribution >= 0.6 is 0 Å². The van der Waals surface area contributed by atoms with E-state index in [0.717, 1.165) is 11.1 Å². The van der Waals surface area contributed by atoms with Crippen molar-refractivity contribution in [3.8, 4) is 0 Å². The number of Topliss-reactive ketones (excluding diaryl/α,β-unsaturated/α-hetero) is 1. The number of aliphatic imine (C=N–C) groups is 1. The Morgan fingerprint density at radius 1 is 0.955 bits per heavy atom. The van der Waals surface area contributed by atoms with Gasteiger partial charge in [0.25, 0.3) is 0 Å². The number of hydrogen-bond donors (Lipinski definition) is 0. The molecule has 106 valence electrons. The van der Waals surface area contributed by atoms with Crippen molar-refractivity contribution >= 4 is 22.9 Å². The third-order valence-corrected chi connectivity index (χ3v) is 3.47. The Hall–Kier alpha value is -3.10. The van der Waals surface area contributed by atoms with Crippen molar-refractivity contribution in [1.82, 2.24) is 0 Å². The zero-order valence-electron chi connectivity index (χ0n) is 12.0. The fourth-order valence-corrected chi connectivity index (χ4v) is 2.48. The van der Waals surface area contributed by atoms with Gasteiger partial charge in [-0.05, 0) is 6.92 Å². The molecular weight excluding hydrogens is 274 g/mol. The summed E-state index contributed by atoms with van der Waals surface area (Å²) in [6.07, 6.45) is 0. The Balaban J connectivity index is 2.22. The molecule has 0 radical (unpaired) electrons. The molecule has 0 bridgehead atoms. The average molecular weight is 287 g/mol. The molecule has 0 spiro atoms. The molecule has 0 saturated carbocycles. The summed E-state index contributed by atoms with van der Waals surface area (Å²) in [7, 11) is 0. The van der Waals surface area contributed by atoms with E-state index in [1.165, 1.54) is 6.92 Å². The molecule has 2 aromatic carbocycles. The van der Waals surface area contributed by atoms with E-state index >= 15 is 0 Å². The summed E-state index contributed by atoms with van der Waals surface area (Å²) in [6, 6.07) is 18.8. The largest absolute Gasteiger partial charge is 0.361 e. The number of hydrogen-bond acceptors (Lipinski definition) is 2. The molecule has 4 nitrogen and oxygen atoms in total. The summed E-state index contributed by atoms with van der Waals surface area (Å²) >= 11 is 0. The molecule has 1 aliphatic rings. The Morgan fingerprint density at radius 2 is 1.50 bits per heavy atom. The van der Waals surface area contributed by atoms with E-state index in [2.05, 4.69) is 9.78 Å². The lowest BCUT2D eigenvalue weighted by Gasteiger charge is -1.99. The molecule has 0 fully saturated rings. The van der Waals surface area contributed by atoms with Gasteiger partial charge in [-0.1, -0.05) is 60.7 Å². The normalized spacial score (nSPS) is 13.9. The minimum atomic E-state index is -0.179. The van der Waals surface area contributed by atoms with Crippen LogP contribution in [0.3, 0.4) is 0 Å². The summed E-state index contributed by atoms with van der Waals surface area (Å²) < 4.78 is 0. The van der Waals surface area contributed by atoms with Crippen molar-refractivity contribution < 1.29 is 9.58 Å². The number of nitrogens with zero attached hydrogens (tertiary/aromatic N) is 3. The van der Waals surface area contributed by atoms with Crippen LogP contribution in [-0.4, -0.2) is 22.0 Å². The summed E-state index contributed by atoms with van der Waals surface area (Å²) in [4.78, 5) is 20.0. The number of rotatable bonds is 3. The number of ketones is 1. The third-order valence-electron chi connectivity index (χ3n) is 3.47. The van der Waals surface area contributed by atoms with Crippen LogP contribution in [0.2, 0.25) is 0 Å². The summed E-state index contributed by atoms with van der Waals surface area (Å²) in [5, 5.41) is 0. The van der Waals surface area contributed by atoms with Crippen molar-refractivity contribution in [3.63, 3.8) is 0 Å². The van der Waals surface area contributed by atoms with Gasteiger partial charge < -0.3 is 5.53 Å². The maximum absolute atomic E-state index is 12.1. The highest BCUT2D eigenvalue weighted by atomic mass is 16.1. The lowest BCUT2D eigenvalue weighted by atomic mass is 9.97. The van der Waals surface area contributed by atoms with E-state index in [-0.39, 0.29) is 11.5 Å². The Labute approximate surface area is 128 Å². The second kappa shape index (κ2) is 5.72. The molecule has 2 aromatic rings. The first-order valence-corrected chi connectivity index (χ1v) is 6.90. The van der Waals surface area contributed by atoms with Crippen LogP contribution in [0.25, 0.3) is 11.2 Å². The van der Waals surface area contributed by atoms with Gasteiger partial charge in [0, 0.05) is 11.1 Å². The standard InChI is InChI=1S/C18H13N3O/c1-12(22)15-16(13-8-4-2-5-9-13)20-17(18(15)21-19)14-10-6-3-7-11-14/h2-11H,1H3. The number of carbonyl (C=O) groups is 1. The van der Waals surface area contributed by atoms with Gasteiger partial charge in [0.05, 0.1) is 5.70 Å². The molecule has 1 heterocycles. The Bertz CT molecular complexity index is 842. The van der Waals surface area contributed by atoms with Crippen LogP contribution in [0.15, 0.2) is 71.2 Å². The molecule has 0 atom stereocenters. The zero-order valence-corrected chi connectivity index (χ0v) is 12.0. The van der Waals surface area contributed by atoms with Crippen LogP contribution in [0.5, 0.6) is 0 Å². The van der Waals surface area contributed by atoms with Gasteiger partial charge in [-0.15, -0.1) is 0 Å². The molecule has 4 heteroatoms. The third kappa shape index (κ3) is 2.32. The van der Waals surface area contributed by atoms with Crippen molar-refractivity contribution in [2.45, 2.75) is 6.92 Å². The Kier molecular flexibility index (Phi) is 3.60. The van der Waals surface area contributed by atoms with E-state index in [0.29, 0.717) is 17.0 Å². The van der Waals surface area contributed by atoms with Gasteiger partial charge in [-0.2, -0.15) is 4.79 Å². The molecule has 0 amide bonds. The van der Waals surface area contributed by atoms with E-state index in [1.54, 1.807) is 0 Å².